The van der Waals surface area contributed by atoms with Gasteiger partial charge in [0.1, 0.15) is 23.0 Å². The number of aryl methyl sites for hydroxylation is 1. The van der Waals surface area contributed by atoms with Crippen molar-refractivity contribution in [1.82, 2.24) is 24.7 Å². The standard InChI is InChI=1S/C37H53N7O7/c1-3-4-5-6-7-8-9-10-11-12-13-14-15-16-17-18-19-20-21-22-33(45)39-23-25-50-26-24-43(37(48)49)29-32-31(41-42-38)27-34(51-32)44-28-30(2)35(46)40-36(44)47/h4-5,7-8,10-11,13-14,16-17,19-20,28,31-32,34,38H,3,6,9,12,15,18,21-27,29H2,1-2H3,(H2-,39,40,45,46,47,48,49)/p+1/t31-,32-,34-/m0/s1. The van der Waals surface area contributed by atoms with E-state index in [1.165, 1.54) is 10.8 Å². The highest BCUT2D eigenvalue weighted by molar-refractivity contribution is 5.75. The van der Waals surface area contributed by atoms with Crippen LogP contribution < -0.4 is 21.5 Å². The van der Waals surface area contributed by atoms with Crippen molar-refractivity contribution in [2.45, 2.75) is 90.0 Å². The molecule has 1 aliphatic rings. The van der Waals surface area contributed by atoms with E-state index in [9.17, 15) is 24.3 Å². The van der Waals surface area contributed by atoms with Gasteiger partial charge >= 0.3 is 11.8 Å². The van der Waals surface area contributed by atoms with E-state index in [1.807, 2.05) is 12.2 Å². The van der Waals surface area contributed by atoms with Crippen LogP contribution in [-0.2, 0) is 14.3 Å². The normalized spacial score (nSPS) is 17.9. The number of amides is 2. The van der Waals surface area contributed by atoms with Crippen LogP contribution in [0.1, 0.15) is 76.5 Å². The molecule has 1 aliphatic heterocycles. The number of allylic oxidation sites excluding steroid dienone is 12. The fourth-order valence-electron chi connectivity index (χ4n) is 5.01. The summed E-state index contributed by atoms with van der Waals surface area (Å²) in [7, 11) is 0. The summed E-state index contributed by atoms with van der Waals surface area (Å²) < 4.78 is 12.7. The van der Waals surface area contributed by atoms with Crippen molar-refractivity contribution in [2.75, 3.05) is 32.8 Å². The van der Waals surface area contributed by atoms with E-state index in [2.05, 4.69) is 88.0 Å². The minimum absolute atomic E-state index is 0.0267. The van der Waals surface area contributed by atoms with Crippen molar-refractivity contribution in [3.8, 4) is 0 Å². The maximum absolute atomic E-state index is 12.3. The minimum Gasteiger partial charge on any atom is -0.465 e. The van der Waals surface area contributed by atoms with Gasteiger partial charge in [-0.15, -0.1) is 0 Å². The van der Waals surface area contributed by atoms with Gasteiger partial charge in [-0.25, -0.2) is 9.59 Å². The lowest BCUT2D eigenvalue weighted by molar-refractivity contribution is -0.121. The van der Waals surface area contributed by atoms with Crippen molar-refractivity contribution >= 4 is 12.0 Å². The topological polar surface area (TPSA) is 193 Å². The number of carboxylic acid groups (broad SMARTS) is 1. The van der Waals surface area contributed by atoms with Gasteiger partial charge in [-0.2, -0.15) is 0 Å². The molecule has 2 heterocycles. The third-order valence-corrected chi connectivity index (χ3v) is 7.75. The molecule has 0 spiro atoms. The summed E-state index contributed by atoms with van der Waals surface area (Å²) in [5.74, 6) is -0.0929. The van der Waals surface area contributed by atoms with Gasteiger partial charge in [0, 0.05) is 37.7 Å². The molecule has 0 aromatic carbocycles. The number of nitrogens with zero attached hydrogens (tertiary/aromatic N) is 4. The van der Waals surface area contributed by atoms with E-state index in [-0.39, 0.29) is 38.6 Å². The summed E-state index contributed by atoms with van der Waals surface area (Å²) in [4.78, 5) is 54.5. The summed E-state index contributed by atoms with van der Waals surface area (Å²) >= 11 is 0. The second-order valence-electron chi connectivity index (χ2n) is 11.8. The number of ether oxygens (including phenoxy) is 2. The van der Waals surface area contributed by atoms with E-state index in [0.29, 0.717) is 24.9 Å². The molecule has 1 fully saturated rings. The smallest absolute Gasteiger partial charge is 0.407 e. The molecule has 1 aromatic rings. The first-order valence-electron chi connectivity index (χ1n) is 17.5. The molecule has 14 nitrogen and oxygen atoms in total. The number of aromatic nitrogens is 2. The molecule has 2 rings (SSSR count). The number of rotatable bonds is 24. The molecule has 1 aromatic heterocycles. The first-order valence-corrected chi connectivity index (χ1v) is 17.5. The van der Waals surface area contributed by atoms with Crippen molar-refractivity contribution in [2.24, 2.45) is 5.11 Å². The highest BCUT2D eigenvalue weighted by Crippen LogP contribution is 2.30. The van der Waals surface area contributed by atoms with E-state index in [1.54, 1.807) is 6.92 Å². The third-order valence-electron chi connectivity index (χ3n) is 7.75. The Morgan fingerprint density at radius 3 is 2.18 bits per heavy atom. The first-order chi connectivity index (χ1) is 24.8. The Kier molecular flexibility index (Phi) is 21.5. The second-order valence-corrected chi connectivity index (χ2v) is 11.8. The van der Waals surface area contributed by atoms with Gasteiger partial charge in [-0.3, -0.25) is 19.1 Å². The number of carbonyl (C=O) groups is 2. The zero-order valence-corrected chi connectivity index (χ0v) is 29.8. The quantitative estimate of drug-likeness (QED) is 0.0462. The Bertz CT molecular complexity index is 1550. The minimum atomic E-state index is -1.20. The van der Waals surface area contributed by atoms with E-state index in [4.69, 9.17) is 15.0 Å². The summed E-state index contributed by atoms with van der Waals surface area (Å²) in [5.41, 5.74) is 6.27. The number of hydrogen-bond acceptors (Lipinski definition) is 8. The van der Waals surface area contributed by atoms with Gasteiger partial charge in [0.05, 0.1) is 19.8 Å². The third kappa shape index (κ3) is 18.1. The van der Waals surface area contributed by atoms with E-state index < -0.39 is 35.7 Å². The summed E-state index contributed by atoms with van der Waals surface area (Å²) in [5, 5.41) is 16.4. The molecule has 0 unspecified atom stereocenters. The van der Waals surface area contributed by atoms with E-state index >= 15 is 0 Å². The fraction of sp³-hybridized carbons (Fsp3) is 0.514. The molecule has 0 radical (unpaired) electrons. The van der Waals surface area contributed by atoms with Crippen LogP contribution in [0.3, 0.4) is 0 Å². The fourth-order valence-corrected chi connectivity index (χ4v) is 5.01. The molecule has 51 heavy (non-hydrogen) atoms. The van der Waals surface area contributed by atoms with Crippen LogP contribution in [0.4, 0.5) is 4.79 Å². The zero-order valence-electron chi connectivity index (χ0n) is 29.8. The van der Waals surface area contributed by atoms with Crippen LogP contribution in [-0.4, -0.2) is 76.6 Å². The van der Waals surface area contributed by atoms with E-state index in [0.717, 1.165) is 43.4 Å². The average Bonchev–Trinajstić information content (AvgIpc) is 3.50. The molecule has 14 heteroatoms. The first kappa shape index (κ1) is 42.3. The molecule has 2 amide bonds. The lowest BCUT2D eigenvalue weighted by Gasteiger charge is -2.23. The highest BCUT2D eigenvalue weighted by atomic mass is 16.5. The maximum atomic E-state index is 12.3. The van der Waals surface area contributed by atoms with Crippen LogP contribution in [0.25, 0.3) is 0 Å². The molecule has 0 bridgehead atoms. The lowest BCUT2D eigenvalue weighted by atomic mass is 10.1. The number of hydrogen-bond donors (Lipinski definition) is 4. The van der Waals surface area contributed by atoms with Crippen molar-refractivity contribution < 1.29 is 24.2 Å². The summed E-state index contributed by atoms with van der Waals surface area (Å²) in [6.45, 7) is 4.21. The molecule has 3 atom stereocenters. The van der Waals surface area contributed by atoms with Crippen LogP contribution >= 0.6 is 0 Å². The van der Waals surface area contributed by atoms with Crippen LogP contribution in [0.2, 0.25) is 0 Å². The Labute approximate surface area is 299 Å². The van der Waals surface area contributed by atoms with Gasteiger partial charge in [-0.1, -0.05) is 79.8 Å². The van der Waals surface area contributed by atoms with Crippen molar-refractivity contribution in [1.29, 1.82) is 5.53 Å². The van der Waals surface area contributed by atoms with Crippen LogP contribution in [0.15, 0.2) is 93.8 Å². The molecular formula is C37H54N7O7+. The van der Waals surface area contributed by atoms with Crippen LogP contribution in [0.5, 0.6) is 0 Å². The molecule has 0 aliphatic carbocycles. The van der Waals surface area contributed by atoms with Gasteiger partial charge in [-0.05, 0) is 51.9 Å². The van der Waals surface area contributed by atoms with Crippen molar-refractivity contribution in [3.63, 3.8) is 0 Å². The molecule has 1 saturated heterocycles. The lowest BCUT2D eigenvalue weighted by Crippen LogP contribution is -2.42. The van der Waals surface area contributed by atoms with Crippen molar-refractivity contribution in [3.05, 3.63) is 106 Å². The Morgan fingerprint density at radius 2 is 1.61 bits per heavy atom. The second kappa shape index (κ2) is 26.0. The Balaban J connectivity index is 1.57. The maximum Gasteiger partial charge on any atom is 0.407 e. The van der Waals surface area contributed by atoms with Gasteiger partial charge in [0.2, 0.25) is 10.8 Å². The summed E-state index contributed by atoms with van der Waals surface area (Å²) in [6.07, 6.45) is 31.1. The monoisotopic (exact) mass is 708 g/mol. The number of nitrogens with one attached hydrogen (secondary N) is 3. The average molecular weight is 709 g/mol. The number of carbonyl (C=O) groups excluding carboxylic acids is 1. The van der Waals surface area contributed by atoms with Gasteiger partial charge in [0.25, 0.3) is 5.56 Å². The molecule has 278 valence electrons. The zero-order chi connectivity index (χ0) is 37.1. The SMILES string of the molecule is CCC=CCC=CCC=CCC=CCC=CCC=CCCC(=O)NCCOCCN(C[C@@H]1O[C@H](n2cc(C)c(=O)[nH]c2=O)C[C@@H]1N=[N+]=N)C(=O)O. The predicted octanol–water partition coefficient (Wildman–Crippen LogP) is 5.64. The Hall–Kier alpha value is -4.91. The molecular weight excluding hydrogens is 654 g/mol. The highest BCUT2D eigenvalue weighted by Gasteiger charge is 2.41. The largest absolute Gasteiger partial charge is 0.465 e. The van der Waals surface area contributed by atoms with Crippen LogP contribution in [0, 0.1) is 12.5 Å². The number of aromatic amines is 1. The number of H-pyrrole nitrogens is 1. The molecule has 0 saturated carbocycles. The summed E-state index contributed by atoms with van der Waals surface area (Å²) in [6, 6.07) is -0.669. The van der Waals surface area contributed by atoms with Gasteiger partial charge in [0.15, 0.2) is 6.04 Å². The van der Waals surface area contributed by atoms with Gasteiger partial charge < -0.3 is 24.8 Å². The predicted molar refractivity (Wildman–Crippen MR) is 197 cm³/mol. The Morgan fingerprint density at radius 1 is 1.02 bits per heavy atom. The molecule has 4 N–H and O–H groups in total.